The number of esters is 3. The number of methoxy groups -OCH3 is 3. The Labute approximate surface area is 166 Å². The van der Waals surface area contributed by atoms with Gasteiger partial charge in [-0.25, -0.2) is 9.59 Å². The van der Waals surface area contributed by atoms with Crippen molar-refractivity contribution in [2.45, 2.75) is 25.7 Å². The van der Waals surface area contributed by atoms with Crippen LogP contribution < -0.4 is 5.32 Å². The summed E-state index contributed by atoms with van der Waals surface area (Å²) in [5.41, 5.74) is 0.0779. The third-order valence-corrected chi connectivity index (χ3v) is 5.51. The number of nitrogens with zero attached hydrogens (tertiary/aromatic N) is 1. The van der Waals surface area contributed by atoms with E-state index in [1.807, 2.05) is 4.90 Å². The Balaban J connectivity index is 2.35. The molecule has 0 radical (unpaired) electrons. The number of hydrogen-bond acceptors (Lipinski definition) is 9. The molecule has 9 nitrogen and oxygen atoms in total. The number of carbonyl (C=O) groups excluding carboxylic acids is 4. The van der Waals surface area contributed by atoms with Gasteiger partial charge in [-0.3, -0.25) is 14.5 Å². The fraction of sp³-hybridized carbons (Fsp3) is 0.556. The van der Waals surface area contributed by atoms with E-state index in [9.17, 15) is 19.2 Å². The zero-order valence-corrected chi connectivity index (χ0v) is 17.0. The third kappa shape index (κ3) is 5.29. The molecule has 0 aliphatic carbocycles. The van der Waals surface area contributed by atoms with Crippen LogP contribution in [0.1, 0.15) is 44.9 Å². The summed E-state index contributed by atoms with van der Waals surface area (Å²) in [5.74, 6) is -2.43. The minimum atomic E-state index is -0.765. The molecule has 2 rings (SSSR count). The zero-order chi connectivity index (χ0) is 20.7. The predicted octanol–water partition coefficient (Wildman–Crippen LogP) is 1.46. The fourth-order valence-corrected chi connectivity index (χ4v) is 4.14. The smallest absolute Gasteiger partial charge is 0.348 e. The fourth-order valence-electron chi connectivity index (χ4n) is 3.00. The van der Waals surface area contributed by atoms with Crippen LogP contribution in [0.15, 0.2) is 0 Å². The minimum absolute atomic E-state index is 0.0368. The van der Waals surface area contributed by atoms with Crippen LogP contribution in [0.4, 0.5) is 5.00 Å². The molecule has 1 amide bonds. The van der Waals surface area contributed by atoms with Gasteiger partial charge in [0, 0.05) is 5.56 Å². The quantitative estimate of drug-likeness (QED) is 0.529. The van der Waals surface area contributed by atoms with Gasteiger partial charge in [-0.05, 0) is 25.9 Å². The van der Waals surface area contributed by atoms with E-state index in [0.29, 0.717) is 0 Å². The van der Waals surface area contributed by atoms with Gasteiger partial charge in [-0.15, -0.1) is 11.3 Å². The van der Waals surface area contributed by atoms with E-state index < -0.39 is 17.9 Å². The number of piperidine rings is 1. The lowest BCUT2D eigenvalue weighted by molar-refractivity contribution is -0.139. The number of rotatable bonds is 7. The lowest BCUT2D eigenvalue weighted by Crippen LogP contribution is -2.36. The number of anilines is 1. The molecule has 0 bridgehead atoms. The van der Waals surface area contributed by atoms with Crippen molar-refractivity contribution in [2.24, 2.45) is 0 Å². The molecule has 1 aliphatic rings. The number of thiophene rings is 1. The molecule has 2 heterocycles. The number of carbonyl (C=O) groups is 4. The van der Waals surface area contributed by atoms with Gasteiger partial charge in [-0.1, -0.05) is 6.42 Å². The van der Waals surface area contributed by atoms with Crippen LogP contribution in [0.3, 0.4) is 0 Å². The number of hydrogen-bond donors (Lipinski definition) is 1. The van der Waals surface area contributed by atoms with Gasteiger partial charge < -0.3 is 19.5 Å². The average molecular weight is 412 g/mol. The van der Waals surface area contributed by atoms with Crippen molar-refractivity contribution in [1.82, 2.24) is 4.90 Å². The maximum Gasteiger partial charge on any atom is 0.348 e. The zero-order valence-electron chi connectivity index (χ0n) is 16.2. The normalized spacial score (nSPS) is 14.2. The molecule has 1 aromatic rings. The highest BCUT2D eigenvalue weighted by Crippen LogP contribution is 2.35. The Kier molecular flexibility index (Phi) is 7.94. The summed E-state index contributed by atoms with van der Waals surface area (Å²) in [6.45, 7) is 1.85. The number of nitrogens with one attached hydrogen (secondary N) is 1. The lowest BCUT2D eigenvalue weighted by Gasteiger charge is -2.25. The first kappa shape index (κ1) is 21.8. The second-order valence-electron chi connectivity index (χ2n) is 6.23. The second-order valence-corrected chi connectivity index (χ2v) is 7.26. The molecule has 0 aromatic carbocycles. The minimum Gasteiger partial charge on any atom is -0.469 e. The SMILES string of the molecule is COC(=O)Cc1c(C(=O)OC)sc(NC(=O)CN2CCCCC2)c1C(=O)OC. The molecular weight excluding hydrogens is 388 g/mol. The van der Waals surface area contributed by atoms with Gasteiger partial charge >= 0.3 is 17.9 Å². The highest BCUT2D eigenvalue weighted by Gasteiger charge is 2.30. The van der Waals surface area contributed by atoms with Crippen LogP contribution in [-0.4, -0.2) is 69.7 Å². The number of likely N-dealkylation sites (tertiary alicyclic amines) is 1. The maximum absolute atomic E-state index is 12.5. The summed E-state index contributed by atoms with van der Waals surface area (Å²) >= 11 is 0.872. The summed E-state index contributed by atoms with van der Waals surface area (Å²) in [4.78, 5) is 50.8. The summed E-state index contributed by atoms with van der Waals surface area (Å²) < 4.78 is 14.2. The van der Waals surface area contributed by atoms with Crippen LogP contribution >= 0.6 is 11.3 Å². The van der Waals surface area contributed by atoms with E-state index in [4.69, 9.17) is 9.47 Å². The molecular formula is C18H24N2O7S. The Morgan fingerprint density at radius 1 is 0.964 bits per heavy atom. The molecule has 0 atom stereocenters. The first-order chi connectivity index (χ1) is 13.4. The Bertz CT molecular complexity index is 753. The molecule has 154 valence electrons. The van der Waals surface area contributed by atoms with Crippen molar-refractivity contribution in [3.8, 4) is 0 Å². The van der Waals surface area contributed by atoms with Gasteiger partial charge in [0.25, 0.3) is 0 Å². The van der Waals surface area contributed by atoms with Crippen LogP contribution in [0.2, 0.25) is 0 Å². The highest BCUT2D eigenvalue weighted by molar-refractivity contribution is 7.18. The monoisotopic (exact) mass is 412 g/mol. The Hall–Kier alpha value is -2.46. The largest absolute Gasteiger partial charge is 0.469 e. The first-order valence-corrected chi connectivity index (χ1v) is 9.64. The second kappa shape index (κ2) is 10.2. The summed E-state index contributed by atoms with van der Waals surface area (Å²) in [6, 6.07) is 0. The molecule has 1 aromatic heterocycles. The van der Waals surface area contributed by atoms with Crippen LogP contribution in [0.25, 0.3) is 0 Å². The van der Waals surface area contributed by atoms with E-state index in [-0.39, 0.29) is 39.9 Å². The van der Waals surface area contributed by atoms with Crippen molar-refractivity contribution in [2.75, 3.05) is 46.3 Å². The van der Waals surface area contributed by atoms with Crippen molar-refractivity contribution in [3.05, 3.63) is 16.0 Å². The van der Waals surface area contributed by atoms with Gasteiger partial charge in [0.1, 0.15) is 9.88 Å². The van der Waals surface area contributed by atoms with E-state index in [1.165, 1.54) is 21.3 Å². The molecule has 0 unspecified atom stereocenters. The average Bonchev–Trinajstić information content (AvgIpc) is 3.04. The highest BCUT2D eigenvalue weighted by atomic mass is 32.1. The number of ether oxygens (including phenoxy) is 3. The van der Waals surface area contributed by atoms with Crippen LogP contribution in [0.5, 0.6) is 0 Å². The third-order valence-electron chi connectivity index (χ3n) is 4.38. The molecule has 10 heteroatoms. The van der Waals surface area contributed by atoms with E-state index in [0.717, 1.165) is 43.7 Å². The summed E-state index contributed by atoms with van der Waals surface area (Å²) in [5, 5.41) is 2.83. The van der Waals surface area contributed by atoms with Gasteiger partial charge in [0.2, 0.25) is 5.91 Å². The van der Waals surface area contributed by atoms with E-state index >= 15 is 0 Å². The standard InChI is InChI=1S/C18H24N2O7S/c1-25-13(22)9-11-14(17(23)26-2)16(28-15(11)18(24)27-3)19-12(21)10-20-7-5-4-6-8-20/h4-10H2,1-3H3,(H,19,21). The van der Waals surface area contributed by atoms with Crippen LogP contribution in [0, 0.1) is 0 Å². The molecule has 1 fully saturated rings. The molecule has 1 saturated heterocycles. The summed E-state index contributed by atoms with van der Waals surface area (Å²) in [6.07, 6.45) is 2.89. The Morgan fingerprint density at radius 2 is 1.61 bits per heavy atom. The maximum atomic E-state index is 12.5. The van der Waals surface area contributed by atoms with Crippen LogP contribution in [-0.2, 0) is 30.2 Å². The molecule has 1 N–H and O–H groups in total. The molecule has 28 heavy (non-hydrogen) atoms. The summed E-state index contributed by atoms with van der Waals surface area (Å²) in [7, 11) is 3.57. The molecule has 1 aliphatic heterocycles. The first-order valence-electron chi connectivity index (χ1n) is 8.82. The van der Waals surface area contributed by atoms with Crippen molar-refractivity contribution in [3.63, 3.8) is 0 Å². The topological polar surface area (TPSA) is 111 Å². The lowest BCUT2D eigenvalue weighted by atomic mass is 10.1. The molecule has 0 saturated carbocycles. The Morgan fingerprint density at radius 3 is 2.18 bits per heavy atom. The van der Waals surface area contributed by atoms with Crippen molar-refractivity contribution in [1.29, 1.82) is 0 Å². The van der Waals surface area contributed by atoms with Crippen molar-refractivity contribution >= 4 is 40.2 Å². The number of amides is 1. The van der Waals surface area contributed by atoms with Crippen molar-refractivity contribution < 1.29 is 33.4 Å². The predicted molar refractivity (Wildman–Crippen MR) is 102 cm³/mol. The van der Waals surface area contributed by atoms with E-state index in [2.05, 4.69) is 10.1 Å². The molecule has 0 spiro atoms. The van der Waals surface area contributed by atoms with Gasteiger partial charge in [-0.2, -0.15) is 0 Å². The van der Waals surface area contributed by atoms with Gasteiger partial charge in [0.05, 0.1) is 39.9 Å². The van der Waals surface area contributed by atoms with E-state index in [1.54, 1.807) is 0 Å². The van der Waals surface area contributed by atoms with Gasteiger partial charge in [0.15, 0.2) is 0 Å².